The Hall–Kier alpha value is -2.37. The van der Waals surface area contributed by atoms with E-state index in [9.17, 15) is 18.0 Å². The molecule has 0 radical (unpaired) electrons. The number of hydrazone groups is 1. The lowest BCUT2D eigenvalue weighted by molar-refractivity contribution is -0.137. The van der Waals surface area contributed by atoms with Crippen LogP contribution < -0.4 is 0 Å². The van der Waals surface area contributed by atoms with Crippen LogP contribution in [0.15, 0.2) is 46.6 Å². The molecular formula is C17H17F3N2O. The summed E-state index contributed by atoms with van der Waals surface area (Å²) in [6.45, 7) is 0. The standard InChI is InChI=1S/C17H17F3N2O/c1-22(2)21-10-9-12-7-8-14(16(12)23)11-13-5-3-4-6-15(13)17(18,19)20/h3-6,9-11H,7-8H2,1-2H3/b12-9+,14-11+,21-10-. The van der Waals surface area contributed by atoms with Crippen molar-refractivity contribution < 1.29 is 18.0 Å². The second-order valence-corrected chi connectivity index (χ2v) is 5.39. The van der Waals surface area contributed by atoms with Gasteiger partial charge in [0.15, 0.2) is 5.78 Å². The fourth-order valence-corrected chi connectivity index (χ4v) is 2.32. The van der Waals surface area contributed by atoms with Crippen LogP contribution in [-0.4, -0.2) is 31.1 Å². The van der Waals surface area contributed by atoms with Crippen molar-refractivity contribution in [2.75, 3.05) is 14.1 Å². The zero-order valence-electron chi connectivity index (χ0n) is 12.9. The number of hydrogen-bond acceptors (Lipinski definition) is 3. The third kappa shape index (κ3) is 4.31. The number of hydrogen-bond donors (Lipinski definition) is 0. The second-order valence-electron chi connectivity index (χ2n) is 5.39. The summed E-state index contributed by atoms with van der Waals surface area (Å²) in [5, 5.41) is 5.58. The Balaban J connectivity index is 2.28. The monoisotopic (exact) mass is 322 g/mol. The van der Waals surface area contributed by atoms with E-state index in [-0.39, 0.29) is 11.3 Å². The van der Waals surface area contributed by atoms with E-state index < -0.39 is 11.7 Å². The summed E-state index contributed by atoms with van der Waals surface area (Å²) in [4.78, 5) is 12.3. The van der Waals surface area contributed by atoms with Gasteiger partial charge in [-0.2, -0.15) is 18.3 Å². The SMILES string of the molecule is CN(C)/N=C\C=C1/CC/C(=C\c2ccccc2C(F)(F)F)C1=O. The Morgan fingerprint density at radius 3 is 2.43 bits per heavy atom. The number of alkyl halides is 3. The Kier molecular flexibility index (Phi) is 5.03. The van der Waals surface area contributed by atoms with Crippen LogP contribution in [0.2, 0.25) is 0 Å². The molecule has 0 amide bonds. The molecule has 1 fully saturated rings. The summed E-state index contributed by atoms with van der Waals surface area (Å²) in [7, 11) is 3.51. The van der Waals surface area contributed by atoms with E-state index in [2.05, 4.69) is 5.10 Å². The molecule has 0 atom stereocenters. The summed E-state index contributed by atoms with van der Waals surface area (Å²) in [5.41, 5.74) is 0.246. The highest BCUT2D eigenvalue weighted by Gasteiger charge is 2.33. The predicted octanol–water partition coefficient (Wildman–Crippen LogP) is 3.93. The maximum absolute atomic E-state index is 13.0. The molecule has 0 spiro atoms. The van der Waals surface area contributed by atoms with Crippen molar-refractivity contribution >= 4 is 18.1 Å². The summed E-state index contributed by atoms with van der Waals surface area (Å²) < 4.78 is 39.0. The number of carbonyl (C=O) groups excluding carboxylic acids is 1. The summed E-state index contributed by atoms with van der Waals surface area (Å²) in [6, 6.07) is 5.26. The van der Waals surface area contributed by atoms with E-state index >= 15 is 0 Å². The molecule has 3 nitrogen and oxygen atoms in total. The number of allylic oxidation sites excluding steroid dienone is 3. The van der Waals surface area contributed by atoms with Crippen LogP contribution in [0.3, 0.4) is 0 Å². The predicted molar refractivity (Wildman–Crippen MR) is 83.9 cm³/mol. The summed E-state index contributed by atoms with van der Waals surface area (Å²) in [6.07, 6.45) is 0.977. The van der Waals surface area contributed by atoms with Crippen molar-refractivity contribution in [1.82, 2.24) is 5.01 Å². The minimum atomic E-state index is -4.44. The fraction of sp³-hybridized carbons (Fsp3) is 0.294. The van der Waals surface area contributed by atoms with Crippen LogP contribution in [-0.2, 0) is 11.0 Å². The van der Waals surface area contributed by atoms with Gasteiger partial charge in [0, 0.05) is 31.5 Å². The minimum absolute atomic E-state index is 0.0200. The number of ketones is 1. The van der Waals surface area contributed by atoms with Gasteiger partial charge in [-0.25, -0.2) is 0 Å². The van der Waals surface area contributed by atoms with Crippen molar-refractivity contribution in [2.45, 2.75) is 19.0 Å². The first-order chi connectivity index (χ1) is 10.8. The van der Waals surface area contributed by atoms with E-state index in [0.29, 0.717) is 24.0 Å². The average Bonchev–Trinajstić information content (AvgIpc) is 2.79. The van der Waals surface area contributed by atoms with Crippen molar-refractivity contribution in [3.63, 3.8) is 0 Å². The topological polar surface area (TPSA) is 32.7 Å². The average molecular weight is 322 g/mol. The van der Waals surface area contributed by atoms with E-state index in [1.54, 1.807) is 25.2 Å². The van der Waals surface area contributed by atoms with E-state index in [1.807, 2.05) is 0 Å². The Morgan fingerprint density at radius 2 is 1.78 bits per heavy atom. The molecule has 1 aliphatic rings. The number of rotatable bonds is 3. The van der Waals surface area contributed by atoms with Crippen LogP contribution in [0, 0.1) is 0 Å². The largest absolute Gasteiger partial charge is 0.416 e. The Labute approximate surface area is 132 Å². The second kappa shape index (κ2) is 6.81. The molecular weight excluding hydrogens is 305 g/mol. The molecule has 0 aliphatic heterocycles. The van der Waals surface area contributed by atoms with Crippen molar-refractivity contribution in [2.24, 2.45) is 5.10 Å². The zero-order valence-corrected chi connectivity index (χ0v) is 12.9. The van der Waals surface area contributed by atoms with Crippen LogP contribution in [0.25, 0.3) is 6.08 Å². The first-order valence-electron chi connectivity index (χ1n) is 7.11. The van der Waals surface area contributed by atoms with E-state index in [1.165, 1.54) is 30.5 Å². The Bertz CT molecular complexity index is 685. The number of benzene rings is 1. The van der Waals surface area contributed by atoms with Gasteiger partial charge in [-0.05, 0) is 36.6 Å². The highest BCUT2D eigenvalue weighted by Crippen LogP contribution is 2.34. The molecule has 6 heteroatoms. The molecule has 1 aliphatic carbocycles. The molecule has 0 bridgehead atoms. The number of carbonyl (C=O) groups is 1. The van der Waals surface area contributed by atoms with Gasteiger partial charge >= 0.3 is 6.18 Å². The molecule has 0 saturated heterocycles. The lowest BCUT2D eigenvalue weighted by atomic mass is 10.0. The highest BCUT2D eigenvalue weighted by atomic mass is 19.4. The summed E-state index contributed by atoms with van der Waals surface area (Å²) >= 11 is 0. The molecule has 2 rings (SSSR count). The third-order valence-electron chi connectivity index (χ3n) is 3.42. The molecule has 0 heterocycles. The number of halogens is 3. The number of Topliss-reactive ketones (excluding diaryl/α,β-unsaturated/α-hetero) is 1. The van der Waals surface area contributed by atoms with E-state index in [0.717, 1.165) is 6.07 Å². The van der Waals surface area contributed by atoms with Gasteiger partial charge in [-0.15, -0.1) is 0 Å². The van der Waals surface area contributed by atoms with Crippen LogP contribution >= 0.6 is 0 Å². The molecule has 122 valence electrons. The zero-order chi connectivity index (χ0) is 17.0. The van der Waals surface area contributed by atoms with Gasteiger partial charge in [-0.3, -0.25) is 4.79 Å². The molecule has 1 aromatic carbocycles. The van der Waals surface area contributed by atoms with Gasteiger partial charge in [0.05, 0.1) is 5.56 Å². The molecule has 1 aromatic rings. The quantitative estimate of drug-likeness (QED) is 0.480. The molecule has 1 saturated carbocycles. The lowest BCUT2D eigenvalue weighted by Crippen LogP contribution is -2.07. The van der Waals surface area contributed by atoms with Gasteiger partial charge < -0.3 is 5.01 Å². The summed E-state index contributed by atoms with van der Waals surface area (Å²) in [5.74, 6) is -0.216. The van der Waals surface area contributed by atoms with Crippen molar-refractivity contribution in [3.05, 3.63) is 52.6 Å². The number of nitrogens with zero attached hydrogens (tertiary/aromatic N) is 2. The first-order valence-corrected chi connectivity index (χ1v) is 7.11. The smallest absolute Gasteiger partial charge is 0.303 e. The fourth-order valence-electron chi connectivity index (χ4n) is 2.32. The molecule has 23 heavy (non-hydrogen) atoms. The Morgan fingerprint density at radius 1 is 1.13 bits per heavy atom. The minimum Gasteiger partial charge on any atom is -0.303 e. The van der Waals surface area contributed by atoms with Gasteiger partial charge in [0.1, 0.15) is 0 Å². The lowest BCUT2D eigenvalue weighted by Gasteiger charge is -2.10. The first kappa shape index (κ1) is 17.0. The van der Waals surface area contributed by atoms with Gasteiger partial charge in [-0.1, -0.05) is 18.2 Å². The molecule has 0 aromatic heterocycles. The third-order valence-corrected chi connectivity index (χ3v) is 3.42. The van der Waals surface area contributed by atoms with Crippen LogP contribution in [0.1, 0.15) is 24.0 Å². The van der Waals surface area contributed by atoms with E-state index in [4.69, 9.17) is 0 Å². The maximum Gasteiger partial charge on any atom is 0.416 e. The molecule has 0 N–H and O–H groups in total. The van der Waals surface area contributed by atoms with Crippen molar-refractivity contribution in [1.29, 1.82) is 0 Å². The normalized spacial score (nSPS) is 19.3. The maximum atomic E-state index is 13.0. The van der Waals surface area contributed by atoms with Gasteiger partial charge in [0.2, 0.25) is 0 Å². The molecule has 0 unspecified atom stereocenters. The van der Waals surface area contributed by atoms with Crippen LogP contribution in [0.4, 0.5) is 13.2 Å². The highest BCUT2D eigenvalue weighted by molar-refractivity contribution is 6.14. The van der Waals surface area contributed by atoms with Crippen molar-refractivity contribution in [3.8, 4) is 0 Å². The van der Waals surface area contributed by atoms with Gasteiger partial charge in [0.25, 0.3) is 0 Å². The van der Waals surface area contributed by atoms with Crippen LogP contribution in [0.5, 0.6) is 0 Å².